The molecule has 9 heteroatoms. The van der Waals surface area contributed by atoms with E-state index in [9.17, 15) is 9.59 Å². The van der Waals surface area contributed by atoms with Crippen LogP contribution in [0, 0.1) is 12.8 Å². The van der Waals surface area contributed by atoms with Crippen LogP contribution in [-0.2, 0) is 16.8 Å². The number of amides is 2. The third-order valence-electron chi connectivity index (χ3n) is 7.75. The Morgan fingerprint density at radius 2 is 2.00 bits per heavy atom. The van der Waals surface area contributed by atoms with E-state index in [1.54, 1.807) is 35.5 Å². The first-order valence-electron chi connectivity index (χ1n) is 12.8. The minimum absolute atomic E-state index is 0.0617. The predicted molar refractivity (Wildman–Crippen MR) is 145 cm³/mol. The molecule has 1 saturated heterocycles. The molecular weight excluding hydrogens is 502 g/mol. The van der Waals surface area contributed by atoms with Gasteiger partial charge >= 0.3 is 0 Å². The Morgan fingerprint density at radius 1 is 1.16 bits per heavy atom. The highest BCUT2D eigenvalue weighted by Gasteiger charge is 2.59. The molecule has 1 N–H and O–H groups in total. The summed E-state index contributed by atoms with van der Waals surface area (Å²) in [6.45, 7) is 6.17. The quantitative estimate of drug-likeness (QED) is 0.399. The van der Waals surface area contributed by atoms with Crippen LogP contribution in [0.4, 0.5) is 5.69 Å². The van der Waals surface area contributed by atoms with Crippen molar-refractivity contribution in [2.24, 2.45) is 5.92 Å². The van der Waals surface area contributed by atoms with E-state index in [1.807, 2.05) is 49.1 Å². The number of aromatic nitrogens is 2. The first-order chi connectivity index (χ1) is 18.4. The summed E-state index contributed by atoms with van der Waals surface area (Å²) in [4.78, 5) is 36.4. The lowest BCUT2D eigenvalue weighted by atomic mass is 9.67. The van der Waals surface area contributed by atoms with E-state index in [-0.39, 0.29) is 30.8 Å². The topological polar surface area (TPSA) is 91.6 Å². The number of fused-ring (bicyclic) bond motifs is 3. The summed E-state index contributed by atoms with van der Waals surface area (Å²) in [6.07, 6.45) is 3.56. The third-order valence-corrected chi connectivity index (χ3v) is 7.98. The molecule has 2 aliphatic heterocycles. The Labute approximate surface area is 225 Å². The van der Waals surface area contributed by atoms with Gasteiger partial charge in [-0.1, -0.05) is 47.9 Å². The minimum Gasteiger partial charge on any atom is -0.359 e. The number of hydrogen-bond donors (Lipinski definition) is 1. The van der Waals surface area contributed by atoms with Gasteiger partial charge in [0.25, 0.3) is 5.91 Å². The molecule has 4 aromatic rings. The number of halogens is 1. The lowest BCUT2D eigenvalue weighted by Gasteiger charge is -2.43. The van der Waals surface area contributed by atoms with E-state index >= 15 is 0 Å². The maximum absolute atomic E-state index is 14.7. The Hall–Kier alpha value is -3.75. The molecule has 1 fully saturated rings. The summed E-state index contributed by atoms with van der Waals surface area (Å²) in [5.74, 6) is 0.232. The normalized spacial score (nSPS) is 21.1. The van der Waals surface area contributed by atoms with Crippen molar-refractivity contribution >= 4 is 39.9 Å². The maximum Gasteiger partial charge on any atom is 0.254 e. The van der Waals surface area contributed by atoms with Crippen molar-refractivity contribution in [3.8, 4) is 0 Å². The molecule has 0 aliphatic carbocycles. The monoisotopic (exact) mass is 529 g/mol. The smallest absolute Gasteiger partial charge is 0.254 e. The lowest BCUT2D eigenvalue weighted by molar-refractivity contribution is -0.123. The average Bonchev–Trinajstić information content (AvgIpc) is 3.45. The zero-order chi connectivity index (χ0) is 26.4. The molecule has 8 nitrogen and oxygen atoms in total. The Bertz CT molecular complexity index is 1550. The second-order valence-electron chi connectivity index (χ2n) is 10.1. The van der Waals surface area contributed by atoms with E-state index in [1.165, 1.54) is 0 Å². The summed E-state index contributed by atoms with van der Waals surface area (Å²) in [5.41, 5.74) is 1.68. The van der Waals surface area contributed by atoms with Crippen LogP contribution in [0.5, 0.6) is 0 Å². The molecule has 2 aliphatic rings. The van der Waals surface area contributed by atoms with Crippen LogP contribution < -0.4 is 10.2 Å². The van der Waals surface area contributed by atoms with Gasteiger partial charge in [0.05, 0.1) is 29.5 Å². The van der Waals surface area contributed by atoms with Crippen LogP contribution in [0.25, 0.3) is 10.8 Å². The molecule has 2 aromatic carbocycles. The summed E-state index contributed by atoms with van der Waals surface area (Å²) in [7, 11) is 0. The highest BCUT2D eigenvalue weighted by atomic mass is 35.5. The molecule has 2 aromatic heterocycles. The van der Waals surface area contributed by atoms with Crippen molar-refractivity contribution in [3.63, 3.8) is 0 Å². The number of pyridine rings is 1. The predicted octanol–water partition coefficient (Wildman–Crippen LogP) is 4.35. The number of nitrogens with zero attached hydrogens (tertiary/aromatic N) is 4. The molecule has 38 heavy (non-hydrogen) atoms. The van der Waals surface area contributed by atoms with Gasteiger partial charge in [-0.05, 0) is 37.2 Å². The molecule has 0 unspecified atom stereocenters. The highest BCUT2D eigenvalue weighted by Crippen LogP contribution is 2.48. The first-order valence-corrected chi connectivity index (χ1v) is 13.2. The summed E-state index contributed by atoms with van der Waals surface area (Å²) in [6, 6.07) is 15.0. The third kappa shape index (κ3) is 3.87. The summed E-state index contributed by atoms with van der Waals surface area (Å²) < 4.78 is 5.45. The van der Waals surface area contributed by atoms with Gasteiger partial charge in [0.1, 0.15) is 0 Å². The molecular formula is C29H28ClN5O3. The Morgan fingerprint density at radius 3 is 2.79 bits per heavy atom. The van der Waals surface area contributed by atoms with Crippen molar-refractivity contribution in [1.29, 1.82) is 0 Å². The molecule has 0 bridgehead atoms. The number of benzene rings is 2. The van der Waals surface area contributed by atoms with Crippen molar-refractivity contribution in [3.05, 3.63) is 88.5 Å². The van der Waals surface area contributed by atoms with Gasteiger partial charge in [0.15, 0.2) is 5.76 Å². The number of carbonyl (C=O) groups is 2. The van der Waals surface area contributed by atoms with Crippen LogP contribution in [0.15, 0.2) is 65.4 Å². The second kappa shape index (κ2) is 9.53. The highest BCUT2D eigenvalue weighted by molar-refractivity contribution is 6.31. The van der Waals surface area contributed by atoms with E-state index in [0.29, 0.717) is 35.0 Å². The van der Waals surface area contributed by atoms with Crippen molar-refractivity contribution in [2.45, 2.75) is 25.8 Å². The van der Waals surface area contributed by atoms with Gasteiger partial charge in [-0.25, -0.2) is 0 Å². The number of rotatable bonds is 6. The van der Waals surface area contributed by atoms with Crippen LogP contribution in [0.2, 0.25) is 5.02 Å². The number of carbonyl (C=O) groups excluding carboxylic acids is 2. The Balaban J connectivity index is 1.51. The van der Waals surface area contributed by atoms with E-state index in [2.05, 4.69) is 15.5 Å². The van der Waals surface area contributed by atoms with E-state index in [0.717, 1.165) is 28.7 Å². The van der Waals surface area contributed by atoms with Crippen LogP contribution in [0.1, 0.15) is 34.3 Å². The summed E-state index contributed by atoms with van der Waals surface area (Å²) >= 11 is 6.49. The van der Waals surface area contributed by atoms with E-state index < -0.39 is 5.41 Å². The van der Waals surface area contributed by atoms with Gasteiger partial charge in [-0.3, -0.25) is 14.6 Å². The number of nitrogens with one attached hydrogen (secondary N) is 1. The molecule has 4 heterocycles. The van der Waals surface area contributed by atoms with Gasteiger partial charge in [0, 0.05) is 59.2 Å². The fraction of sp³-hybridized carbons (Fsp3) is 0.310. The average molecular weight is 530 g/mol. The van der Waals surface area contributed by atoms with Crippen LogP contribution in [0.3, 0.4) is 0 Å². The molecule has 2 amide bonds. The number of hydrogen-bond acceptors (Lipinski definition) is 6. The molecule has 194 valence electrons. The minimum atomic E-state index is -0.998. The maximum atomic E-state index is 14.7. The standard InChI is InChI=1S/C29H28ClN5O3/c1-3-31-13-20-15-35(26-14-32-12-19-6-4-5-7-23(19)26)28(37)29(20)17-34(16-22-10-18(2)33-38-22)27(36)24-9-8-21(30)11-25(24)29/h4-12,14,20,31H,3,13,15-17H2,1-2H3/t20-,29+/m1/s1. The van der Waals surface area contributed by atoms with Gasteiger partial charge in [0.2, 0.25) is 5.91 Å². The summed E-state index contributed by atoms with van der Waals surface area (Å²) in [5, 5.41) is 9.86. The van der Waals surface area contributed by atoms with Gasteiger partial charge in [-0.2, -0.15) is 0 Å². The zero-order valence-electron chi connectivity index (χ0n) is 21.3. The molecule has 1 spiro atoms. The lowest BCUT2D eigenvalue weighted by Crippen LogP contribution is -2.57. The van der Waals surface area contributed by atoms with Crippen molar-refractivity contribution < 1.29 is 14.1 Å². The zero-order valence-corrected chi connectivity index (χ0v) is 22.0. The largest absolute Gasteiger partial charge is 0.359 e. The first kappa shape index (κ1) is 24.6. The fourth-order valence-electron chi connectivity index (χ4n) is 5.99. The molecule has 0 saturated carbocycles. The molecule has 6 rings (SSSR count). The second-order valence-corrected chi connectivity index (χ2v) is 10.5. The Kier molecular flexibility index (Phi) is 6.16. The SMILES string of the molecule is CCNC[C@@H]1CN(c2cncc3ccccc23)C(=O)[C@@]12CN(Cc1cc(C)no1)C(=O)c1ccc(Cl)cc12. The number of aryl methyl sites for hydroxylation is 1. The van der Waals surface area contributed by atoms with Crippen LogP contribution in [-0.4, -0.2) is 53.0 Å². The van der Waals surface area contributed by atoms with Gasteiger partial charge in [-0.15, -0.1) is 0 Å². The van der Waals surface area contributed by atoms with Crippen LogP contribution >= 0.6 is 11.6 Å². The fourth-order valence-corrected chi connectivity index (χ4v) is 6.17. The molecule has 0 radical (unpaired) electrons. The number of anilines is 1. The van der Waals surface area contributed by atoms with E-state index in [4.69, 9.17) is 16.1 Å². The molecule has 2 atom stereocenters. The van der Waals surface area contributed by atoms with Crippen molar-refractivity contribution in [2.75, 3.05) is 31.1 Å². The van der Waals surface area contributed by atoms with Crippen molar-refractivity contribution in [1.82, 2.24) is 20.4 Å². The van der Waals surface area contributed by atoms with Gasteiger partial charge < -0.3 is 19.6 Å².